The highest BCUT2D eigenvalue weighted by Crippen LogP contribution is 2.27. The summed E-state index contributed by atoms with van der Waals surface area (Å²) < 4.78 is 11.7. The number of ether oxygens (including phenoxy) is 2. The largest absolute Gasteiger partial charge is 0.496 e. The fourth-order valence-corrected chi connectivity index (χ4v) is 3.40. The van der Waals surface area contributed by atoms with Crippen LogP contribution in [0.3, 0.4) is 0 Å². The first kappa shape index (κ1) is 21.7. The lowest BCUT2D eigenvalue weighted by atomic mass is 9.87. The minimum atomic E-state index is -0.702. The van der Waals surface area contributed by atoms with Crippen molar-refractivity contribution in [3.05, 3.63) is 47.8 Å². The lowest BCUT2D eigenvalue weighted by molar-refractivity contribution is -0.132. The predicted molar refractivity (Wildman–Crippen MR) is 106 cm³/mol. The van der Waals surface area contributed by atoms with E-state index in [0.29, 0.717) is 30.7 Å². The molecule has 1 aliphatic rings. The Bertz CT molecular complexity index is 804. The van der Waals surface area contributed by atoms with Crippen molar-refractivity contribution in [2.75, 3.05) is 27.3 Å². The molecule has 8 nitrogen and oxygen atoms in total. The maximum Gasteiger partial charge on any atom is 0.341 e. The molecule has 0 spiro atoms. The van der Waals surface area contributed by atoms with E-state index in [2.05, 4.69) is 15.7 Å². The summed E-state index contributed by atoms with van der Waals surface area (Å²) in [6.07, 6.45) is 4.84. The molecule has 28 heavy (non-hydrogen) atoms. The molecule has 0 bridgehead atoms. The van der Waals surface area contributed by atoms with Crippen molar-refractivity contribution < 1.29 is 19.1 Å². The minimum Gasteiger partial charge on any atom is -0.496 e. The highest BCUT2D eigenvalue weighted by Gasteiger charge is 2.41. The van der Waals surface area contributed by atoms with Gasteiger partial charge in [0.1, 0.15) is 16.9 Å². The highest BCUT2D eigenvalue weighted by atomic mass is 35.5. The van der Waals surface area contributed by atoms with Gasteiger partial charge in [0.25, 0.3) is 0 Å². The summed E-state index contributed by atoms with van der Waals surface area (Å²) >= 11 is 0. The zero-order valence-electron chi connectivity index (χ0n) is 15.9. The Morgan fingerprint density at radius 1 is 1.29 bits per heavy atom. The first-order chi connectivity index (χ1) is 13.1. The number of carbonyl (C=O) groups is 2. The van der Waals surface area contributed by atoms with Gasteiger partial charge in [0.15, 0.2) is 0 Å². The van der Waals surface area contributed by atoms with Crippen LogP contribution in [0.2, 0.25) is 0 Å². The Labute approximate surface area is 170 Å². The lowest BCUT2D eigenvalue weighted by Crippen LogP contribution is -2.54. The van der Waals surface area contributed by atoms with E-state index in [9.17, 15) is 9.59 Å². The fraction of sp³-hybridized carbons (Fsp3) is 0.421. The number of carbonyl (C=O) groups excluding carboxylic acids is 2. The second-order valence-electron chi connectivity index (χ2n) is 6.44. The number of hydrogen-bond acceptors (Lipinski definition) is 6. The molecule has 2 heterocycles. The topological polar surface area (TPSA) is 94.5 Å². The average Bonchev–Trinajstić information content (AvgIpc) is 3.27. The Hall–Kier alpha value is -2.58. The second-order valence-corrected chi connectivity index (χ2v) is 6.44. The van der Waals surface area contributed by atoms with Crippen LogP contribution in [0.25, 0.3) is 0 Å². The van der Waals surface area contributed by atoms with E-state index in [4.69, 9.17) is 9.47 Å². The van der Waals surface area contributed by atoms with Gasteiger partial charge in [0.2, 0.25) is 5.91 Å². The fourth-order valence-electron chi connectivity index (χ4n) is 3.40. The molecular formula is C19H25ClN4O4. The van der Waals surface area contributed by atoms with Gasteiger partial charge in [-0.3, -0.25) is 9.48 Å². The molecule has 1 aromatic heterocycles. The third-order valence-electron chi connectivity index (χ3n) is 4.92. The number of benzene rings is 1. The number of nitrogens with zero attached hydrogens (tertiary/aromatic N) is 2. The summed E-state index contributed by atoms with van der Waals surface area (Å²) in [6, 6.07) is 7.01. The molecule has 1 saturated heterocycles. The van der Waals surface area contributed by atoms with Crippen molar-refractivity contribution in [2.24, 2.45) is 0 Å². The van der Waals surface area contributed by atoms with E-state index in [1.54, 1.807) is 23.0 Å². The van der Waals surface area contributed by atoms with E-state index in [-0.39, 0.29) is 18.3 Å². The number of hydrogen-bond donors (Lipinski definition) is 2. The van der Waals surface area contributed by atoms with Crippen LogP contribution in [-0.2, 0) is 21.6 Å². The Kier molecular flexibility index (Phi) is 7.42. The summed E-state index contributed by atoms with van der Waals surface area (Å²) in [5.41, 5.74) is 0.413. The van der Waals surface area contributed by atoms with E-state index in [1.165, 1.54) is 14.2 Å². The molecule has 0 unspecified atom stereocenters. The molecule has 152 valence electrons. The first-order valence-electron chi connectivity index (χ1n) is 8.85. The maximum atomic E-state index is 13.1. The van der Waals surface area contributed by atoms with Crippen LogP contribution >= 0.6 is 12.4 Å². The Morgan fingerprint density at radius 2 is 2.04 bits per heavy atom. The van der Waals surface area contributed by atoms with Crippen LogP contribution in [0.15, 0.2) is 36.7 Å². The molecule has 1 fully saturated rings. The van der Waals surface area contributed by atoms with Gasteiger partial charge in [-0.25, -0.2) is 4.79 Å². The molecule has 0 atom stereocenters. The van der Waals surface area contributed by atoms with Gasteiger partial charge < -0.3 is 20.1 Å². The third-order valence-corrected chi connectivity index (χ3v) is 4.92. The van der Waals surface area contributed by atoms with Crippen LogP contribution in [0.1, 0.15) is 28.8 Å². The zero-order chi connectivity index (χ0) is 19.3. The molecule has 0 radical (unpaired) electrons. The monoisotopic (exact) mass is 408 g/mol. The van der Waals surface area contributed by atoms with Crippen molar-refractivity contribution in [3.63, 3.8) is 0 Å². The van der Waals surface area contributed by atoms with Crippen molar-refractivity contribution in [2.45, 2.75) is 24.9 Å². The van der Waals surface area contributed by atoms with Crippen molar-refractivity contribution in [3.8, 4) is 5.75 Å². The predicted octanol–water partition coefficient (Wildman–Crippen LogP) is 1.50. The van der Waals surface area contributed by atoms with Gasteiger partial charge in [-0.15, -0.1) is 12.4 Å². The van der Waals surface area contributed by atoms with Gasteiger partial charge in [-0.1, -0.05) is 6.07 Å². The summed E-state index contributed by atoms with van der Waals surface area (Å²) in [7, 11) is 2.81. The van der Waals surface area contributed by atoms with Gasteiger partial charge in [-0.05, 0) is 49.7 Å². The molecule has 3 rings (SSSR count). The number of halogens is 1. The molecule has 0 aliphatic carbocycles. The molecule has 1 aromatic carbocycles. The normalized spacial score (nSPS) is 15.2. The van der Waals surface area contributed by atoms with Crippen LogP contribution < -0.4 is 15.4 Å². The number of piperidine rings is 1. The molecule has 1 amide bonds. The Balaban J connectivity index is 0.00000280. The number of amides is 1. The maximum absolute atomic E-state index is 13.1. The van der Waals surface area contributed by atoms with Crippen LogP contribution in [0.5, 0.6) is 5.75 Å². The minimum absolute atomic E-state index is 0. The van der Waals surface area contributed by atoms with Crippen LogP contribution in [0, 0.1) is 0 Å². The van der Waals surface area contributed by atoms with Gasteiger partial charge in [-0.2, -0.15) is 5.10 Å². The lowest BCUT2D eigenvalue weighted by Gasteiger charge is -2.36. The van der Waals surface area contributed by atoms with Crippen molar-refractivity contribution in [1.29, 1.82) is 0 Å². The SMILES string of the molecule is COC(=O)c1cc(CNC(=O)C2(n3cccn3)CCNCC2)ccc1OC.Cl. The van der Waals surface area contributed by atoms with Crippen molar-refractivity contribution in [1.82, 2.24) is 20.4 Å². The van der Waals surface area contributed by atoms with Gasteiger partial charge in [0.05, 0.1) is 14.2 Å². The zero-order valence-corrected chi connectivity index (χ0v) is 16.8. The molecular weight excluding hydrogens is 384 g/mol. The highest BCUT2D eigenvalue weighted by molar-refractivity contribution is 5.92. The Morgan fingerprint density at radius 3 is 2.64 bits per heavy atom. The van der Waals surface area contributed by atoms with Crippen LogP contribution in [-0.4, -0.2) is 49.0 Å². The van der Waals surface area contributed by atoms with Crippen molar-refractivity contribution >= 4 is 24.3 Å². The molecule has 2 N–H and O–H groups in total. The quantitative estimate of drug-likeness (QED) is 0.703. The van der Waals surface area contributed by atoms with E-state index in [1.807, 2.05) is 18.3 Å². The first-order valence-corrected chi connectivity index (χ1v) is 8.85. The number of methoxy groups -OCH3 is 2. The summed E-state index contributed by atoms with van der Waals surface area (Å²) in [4.78, 5) is 25.0. The number of nitrogens with one attached hydrogen (secondary N) is 2. The standard InChI is InChI=1S/C19H24N4O4.ClH/c1-26-16-5-4-14(12-15(16)17(24)27-2)13-21-18(25)19(6-9-20-10-7-19)23-11-3-8-22-23;/h3-5,8,11-12,20H,6-7,9-10,13H2,1-2H3,(H,21,25);1H. The van der Waals surface area contributed by atoms with E-state index >= 15 is 0 Å². The molecule has 9 heteroatoms. The number of rotatable bonds is 6. The van der Waals surface area contributed by atoms with Gasteiger partial charge in [0, 0.05) is 18.9 Å². The molecule has 0 saturated carbocycles. The molecule has 1 aliphatic heterocycles. The smallest absolute Gasteiger partial charge is 0.341 e. The molecule has 2 aromatic rings. The van der Waals surface area contributed by atoms with Crippen LogP contribution in [0.4, 0.5) is 0 Å². The number of esters is 1. The summed E-state index contributed by atoms with van der Waals surface area (Å²) in [5.74, 6) is -0.127. The van der Waals surface area contributed by atoms with E-state index < -0.39 is 11.5 Å². The van der Waals surface area contributed by atoms with E-state index in [0.717, 1.165) is 18.7 Å². The second kappa shape index (κ2) is 9.57. The third kappa shape index (κ3) is 4.28. The summed E-state index contributed by atoms with van der Waals surface area (Å²) in [6.45, 7) is 1.80. The number of aromatic nitrogens is 2. The summed E-state index contributed by atoms with van der Waals surface area (Å²) in [5, 5.41) is 10.6. The van der Waals surface area contributed by atoms with Gasteiger partial charge >= 0.3 is 5.97 Å². The average molecular weight is 409 g/mol.